The highest BCUT2D eigenvalue weighted by molar-refractivity contribution is 5.86. The van der Waals surface area contributed by atoms with Gasteiger partial charge in [-0.05, 0) is 5.92 Å². The lowest BCUT2D eigenvalue weighted by molar-refractivity contribution is 0.0452. The number of nitrogens with one attached hydrogen (secondary N) is 1. The van der Waals surface area contributed by atoms with Crippen molar-refractivity contribution < 1.29 is 13.9 Å². The molecule has 0 aliphatic heterocycles. The van der Waals surface area contributed by atoms with Crippen molar-refractivity contribution in [1.29, 1.82) is 0 Å². The Morgan fingerprint density at radius 3 is 2.85 bits per heavy atom. The van der Waals surface area contributed by atoms with Gasteiger partial charge in [-0.3, -0.25) is 4.98 Å². The standard InChI is InChI=1S/C8H11NO4/c1-5(2)3-12-7(10)6-4-13-8(11)9-6/h4-5H,3H2,1-2H3,(H,9,11). The Bertz CT molecular complexity index is 336. The number of aromatic nitrogens is 1. The topological polar surface area (TPSA) is 72.3 Å². The van der Waals surface area contributed by atoms with Crippen molar-refractivity contribution in [3.05, 3.63) is 22.5 Å². The molecular weight excluding hydrogens is 174 g/mol. The van der Waals surface area contributed by atoms with Gasteiger partial charge < -0.3 is 9.15 Å². The molecule has 0 unspecified atom stereocenters. The van der Waals surface area contributed by atoms with E-state index in [1.54, 1.807) is 0 Å². The second kappa shape index (κ2) is 3.93. The Morgan fingerprint density at radius 2 is 2.38 bits per heavy atom. The van der Waals surface area contributed by atoms with E-state index in [-0.39, 0.29) is 11.6 Å². The molecule has 0 aliphatic carbocycles. The van der Waals surface area contributed by atoms with Crippen molar-refractivity contribution in [3.63, 3.8) is 0 Å². The van der Waals surface area contributed by atoms with E-state index in [9.17, 15) is 9.59 Å². The van der Waals surface area contributed by atoms with Gasteiger partial charge in [0.1, 0.15) is 6.26 Å². The van der Waals surface area contributed by atoms with E-state index >= 15 is 0 Å². The summed E-state index contributed by atoms with van der Waals surface area (Å²) in [5.74, 6) is -0.960. The first-order chi connectivity index (χ1) is 6.09. The number of rotatable bonds is 3. The highest BCUT2D eigenvalue weighted by Gasteiger charge is 2.10. The smallest absolute Gasteiger partial charge is 0.416 e. The van der Waals surface area contributed by atoms with Crippen molar-refractivity contribution >= 4 is 5.97 Å². The summed E-state index contributed by atoms with van der Waals surface area (Å²) in [6, 6.07) is 0. The van der Waals surface area contributed by atoms with Crippen LogP contribution in [0.15, 0.2) is 15.5 Å². The normalized spacial score (nSPS) is 10.4. The number of H-pyrrole nitrogens is 1. The minimum Gasteiger partial charge on any atom is -0.461 e. The third-order valence-electron chi connectivity index (χ3n) is 1.29. The van der Waals surface area contributed by atoms with E-state index < -0.39 is 11.7 Å². The number of hydrogen-bond acceptors (Lipinski definition) is 4. The summed E-state index contributed by atoms with van der Waals surface area (Å²) >= 11 is 0. The minimum absolute atomic E-state index is 0.0469. The number of ether oxygens (including phenoxy) is 1. The van der Waals surface area contributed by atoms with Crippen LogP contribution in [0.25, 0.3) is 0 Å². The lowest BCUT2D eigenvalue weighted by Gasteiger charge is -2.04. The molecule has 1 aromatic rings. The highest BCUT2D eigenvalue weighted by atomic mass is 16.5. The molecule has 0 amide bonds. The summed E-state index contributed by atoms with van der Waals surface area (Å²) in [4.78, 5) is 23.8. The third-order valence-corrected chi connectivity index (χ3v) is 1.29. The van der Waals surface area contributed by atoms with Crippen molar-refractivity contribution in [2.75, 3.05) is 6.61 Å². The Hall–Kier alpha value is -1.52. The summed E-state index contributed by atoms with van der Waals surface area (Å²) in [5.41, 5.74) is 0.0469. The molecule has 0 fully saturated rings. The van der Waals surface area contributed by atoms with Crippen LogP contribution in [-0.2, 0) is 4.74 Å². The first-order valence-electron chi connectivity index (χ1n) is 3.94. The van der Waals surface area contributed by atoms with Gasteiger partial charge in [0.2, 0.25) is 0 Å². The van der Waals surface area contributed by atoms with Gasteiger partial charge in [0.15, 0.2) is 5.69 Å². The lowest BCUT2D eigenvalue weighted by Crippen LogP contribution is -2.11. The van der Waals surface area contributed by atoms with E-state index in [4.69, 9.17) is 4.74 Å². The molecule has 5 heteroatoms. The lowest BCUT2D eigenvalue weighted by atomic mass is 10.2. The summed E-state index contributed by atoms with van der Waals surface area (Å²) in [7, 11) is 0. The first-order valence-corrected chi connectivity index (χ1v) is 3.94. The molecule has 0 saturated carbocycles. The molecule has 0 aromatic carbocycles. The second-order valence-corrected chi connectivity index (χ2v) is 3.05. The van der Waals surface area contributed by atoms with Gasteiger partial charge in [-0.25, -0.2) is 9.59 Å². The predicted octanol–water partition coefficient (Wildman–Crippen LogP) is 0.781. The Balaban J connectivity index is 2.54. The zero-order valence-electron chi connectivity index (χ0n) is 7.49. The molecule has 0 aliphatic rings. The number of carbonyl (C=O) groups excluding carboxylic acids is 1. The van der Waals surface area contributed by atoms with Crippen LogP contribution in [0, 0.1) is 5.92 Å². The fourth-order valence-electron chi connectivity index (χ4n) is 0.701. The van der Waals surface area contributed by atoms with Crippen LogP contribution in [0.5, 0.6) is 0 Å². The number of oxazole rings is 1. The molecule has 0 radical (unpaired) electrons. The molecule has 0 saturated heterocycles. The van der Waals surface area contributed by atoms with E-state index in [2.05, 4.69) is 9.40 Å². The molecule has 0 atom stereocenters. The van der Waals surface area contributed by atoms with Crippen LogP contribution in [0.2, 0.25) is 0 Å². The van der Waals surface area contributed by atoms with Crippen LogP contribution >= 0.6 is 0 Å². The number of carbonyl (C=O) groups is 1. The van der Waals surface area contributed by atoms with E-state index in [1.165, 1.54) is 0 Å². The minimum atomic E-state index is -0.656. The van der Waals surface area contributed by atoms with E-state index in [0.29, 0.717) is 6.61 Å². The molecule has 0 bridgehead atoms. The number of aromatic amines is 1. The number of hydrogen-bond donors (Lipinski definition) is 1. The quantitative estimate of drug-likeness (QED) is 0.706. The Kier molecular flexibility index (Phi) is 2.89. The van der Waals surface area contributed by atoms with Crippen LogP contribution in [0.1, 0.15) is 24.3 Å². The van der Waals surface area contributed by atoms with E-state index in [0.717, 1.165) is 6.26 Å². The molecular formula is C8H11NO4. The van der Waals surface area contributed by atoms with Gasteiger partial charge in [0.05, 0.1) is 6.61 Å². The maximum absolute atomic E-state index is 11.1. The van der Waals surface area contributed by atoms with E-state index in [1.807, 2.05) is 13.8 Å². The van der Waals surface area contributed by atoms with Crippen LogP contribution < -0.4 is 5.76 Å². The fraction of sp³-hybridized carbons (Fsp3) is 0.500. The zero-order chi connectivity index (χ0) is 9.84. The average Bonchev–Trinajstić information content (AvgIpc) is 2.47. The third kappa shape index (κ3) is 2.77. The largest absolute Gasteiger partial charge is 0.461 e. The highest BCUT2D eigenvalue weighted by Crippen LogP contribution is 1.98. The molecule has 0 spiro atoms. The second-order valence-electron chi connectivity index (χ2n) is 3.05. The first kappa shape index (κ1) is 9.57. The summed E-state index contributed by atoms with van der Waals surface area (Å²) < 4.78 is 9.21. The maximum Gasteiger partial charge on any atom is 0.416 e. The molecule has 1 rings (SSSR count). The van der Waals surface area contributed by atoms with Gasteiger partial charge in [-0.2, -0.15) is 0 Å². The zero-order valence-corrected chi connectivity index (χ0v) is 7.49. The average molecular weight is 185 g/mol. The molecule has 72 valence electrons. The molecule has 1 heterocycles. The van der Waals surface area contributed by atoms with Crippen molar-refractivity contribution in [2.24, 2.45) is 5.92 Å². The van der Waals surface area contributed by atoms with Crippen LogP contribution in [0.4, 0.5) is 0 Å². The number of esters is 1. The monoisotopic (exact) mass is 185 g/mol. The fourth-order valence-corrected chi connectivity index (χ4v) is 0.701. The van der Waals surface area contributed by atoms with Gasteiger partial charge in [0, 0.05) is 0 Å². The van der Waals surface area contributed by atoms with Crippen molar-refractivity contribution in [1.82, 2.24) is 4.98 Å². The van der Waals surface area contributed by atoms with Gasteiger partial charge in [-0.15, -0.1) is 0 Å². The van der Waals surface area contributed by atoms with Gasteiger partial charge in [-0.1, -0.05) is 13.8 Å². The SMILES string of the molecule is CC(C)COC(=O)c1coc(=O)[nH]1. The molecule has 1 N–H and O–H groups in total. The van der Waals surface area contributed by atoms with Crippen LogP contribution in [-0.4, -0.2) is 17.6 Å². The van der Waals surface area contributed by atoms with Crippen molar-refractivity contribution in [2.45, 2.75) is 13.8 Å². The maximum atomic E-state index is 11.1. The summed E-state index contributed by atoms with van der Waals surface area (Å²) in [6.07, 6.45) is 1.05. The van der Waals surface area contributed by atoms with Gasteiger partial charge >= 0.3 is 11.7 Å². The van der Waals surface area contributed by atoms with Crippen molar-refractivity contribution in [3.8, 4) is 0 Å². The Morgan fingerprint density at radius 1 is 1.69 bits per heavy atom. The summed E-state index contributed by atoms with van der Waals surface area (Å²) in [5, 5.41) is 0. The predicted molar refractivity (Wildman–Crippen MR) is 44.4 cm³/mol. The van der Waals surface area contributed by atoms with Crippen LogP contribution in [0.3, 0.4) is 0 Å². The molecule has 13 heavy (non-hydrogen) atoms. The molecule has 1 aromatic heterocycles. The van der Waals surface area contributed by atoms with Gasteiger partial charge in [0.25, 0.3) is 0 Å². The Labute approximate surface area is 74.7 Å². The summed E-state index contributed by atoms with van der Waals surface area (Å²) in [6.45, 7) is 4.17. The molecule has 5 nitrogen and oxygen atoms in total.